The summed E-state index contributed by atoms with van der Waals surface area (Å²) in [6, 6.07) is 3.79. The van der Waals surface area contributed by atoms with Gasteiger partial charge >= 0.3 is 5.97 Å². The second kappa shape index (κ2) is 6.20. The smallest absolute Gasteiger partial charge is 0.327 e. The van der Waals surface area contributed by atoms with Crippen molar-refractivity contribution in [1.82, 2.24) is 14.8 Å². The summed E-state index contributed by atoms with van der Waals surface area (Å²) in [5, 5.41) is 7.24. The van der Waals surface area contributed by atoms with Crippen LogP contribution in [0.25, 0.3) is 0 Å². The molecule has 3 heterocycles. The third-order valence-electron chi connectivity index (χ3n) is 3.84. The number of aromatic nitrogens is 3. The molecule has 1 atom stereocenters. The molecule has 0 saturated carbocycles. The lowest BCUT2D eigenvalue weighted by Gasteiger charge is -2.24. The molecular formula is C16H18N4O3. The molecule has 23 heavy (non-hydrogen) atoms. The zero-order chi connectivity index (χ0) is 16.4. The van der Waals surface area contributed by atoms with Gasteiger partial charge in [-0.05, 0) is 25.5 Å². The maximum absolute atomic E-state index is 12.1. The van der Waals surface area contributed by atoms with Crippen molar-refractivity contribution in [2.24, 2.45) is 0 Å². The molecule has 120 valence electrons. The fourth-order valence-corrected chi connectivity index (χ4v) is 2.92. The number of rotatable bonds is 4. The number of carbonyl (C=O) groups excluding carboxylic acids is 2. The minimum Gasteiger partial charge on any atom is -0.465 e. The topological polar surface area (TPSA) is 86.1 Å². The van der Waals surface area contributed by atoms with E-state index in [0.717, 1.165) is 16.8 Å². The number of pyridine rings is 1. The first-order chi connectivity index (χ1) is 11.1. The van der Waals surface area contributed by atoms with Crippen LogP contribution >= 0.6 is 0 Å². The number of anilines is 1. The maximum Gasteiger partial charge on any atom is 0.327 e. The summed E-state index contributed by atoms with van der Waals surface area (Å²) in [6.07, 6.45) is 3.80. The Kier molecular flexibility index (Phi) is 4.10. The molecule has 2 aromatic heterocycles. The number of aryl methyl sites for hydroxylation is 1. The van der Waals surface area contributed by atoms with E-state index in [1.54, 1.807) is 19.3 Å². The van der Waals surface area contributed by atoms with E-state index in [4.69, 9.17) is 4.74 Å². The van der Waals surface area contributed by atoms with Crippen molar-refractivity contribution in [2.45, 2.75) is 32.7 Å². The van der Waals surface area contributed by atoms with Crippen LogP contribution in [0.1, 0.15) is 36.1 Å². The Morgan fingerprint density at radius 2 is 2.35 bits per heavy atom. The SMILES string of the molecule is CCOC(=O)Cn1nc(C)c2c1NC(=O)C[C@@H]2c1cccnc1. The molecule has 0 unspecified atom stereocenters. The van der Waals surface area contributed by atoms with E-state index >= 15 is 0 Å². The van der Waals surface area contributed by atoms with Gasteiger partial charge in [-0.1, -0.05) is 6.07 Å². The van der Waals surface area contributed by atoms with Crippen LogP contribution in [0.5, 0.6) is 0 Å². The second-order valence-electron chi connectivity index (χ2n) is 5.40. The van der Waals surface area contributed by atoms with Gasteiger partial charge in [-0.25, -0.2) is 4.68 Å². The van der Waals surface area contributed by atoms with E-state index in [-0.39, 0.29) is 24.3 Å². The van der Waals surface area contributed by atoms with Crippen molar-refractivity contribution in [1.29, 1.82) is 0 Å². The lowest BCUT2D eigenvalue weighted by atomic mass is 9.87. The molecule has 1 N–H and O–H groups in total. The van der Waals surface area contributed by atoms with Gasteiger partial charge in [-0.3, -0.25) is 14.6 Å². The fraction of sp³-hybridized carbons (Fsp3) is 0.375. The summed E-state index contributed by atoms with van der Waals surface area (Å²) in [4.78, 5) is 28.0. The molecule has 0 bridgehead atoms. The lowest BCUT2D eigenvalue weighted by Crippen LogP contribution is -2.26. The van der Waals surface area contributed by atoms with Gasteiger partial charge in [0.2, 0.25) is 5.91 Å². The fourth-order valence-electron chi connectivity index (χ4n) is 2.92. The van der Waals surface area contributed by atoms with Gasteiger partial charge in [-0.2, -0.15) is 5.10 Å². The van der Waals surface area contributed by atoms with Gasteiger partial charge in [0.1, 0.15) is 12.4 Å². The Morgan fingerprint density at radius 3 is 3.04 bits per heavy atom. The minimum atomic E-state index is -0.379. The quantitative estimate of drug-likeness (QED) is 0.867. The molecule has 3 rings (SSSR count). The molecule has 0 radical (unpaired) electrons. The number of amides is 1. The van der Waals surface area contributed by atoms with Gasteiger partial charge in [0.05, 0.1) is 12.3 Å². The highest BCUT2D eigenvalue weighted by Gasteiger charge is 2.32. The minimum absolute atomic E-state index is 0.0238. The average molecular weight is 314 g/mol. The Bertz CT molecular complexity index is 739. The Labute approximate surface area is 133 Å². The van der Waals surface area contributed by atoms with E-state index in [9.17, 15) is 9.59 Å². The summed E-state index contributed by atoms with van der Waals surface area (Å²) in [5.41, 5.74) is 2.68. The highest BCUT2D eigenvalue weighted by Crippen LogP contribution is 2.38. The predicted molar refractivity (Wildman–Crippen MR) is 82.9 cm³/mol. The summed E-state index contributed by atoms with van der Waals surface area (Å²) < 4.78 is 6.46. The first-order valence-corrected chi connectivity index (χ1v) is 7.52. The van der Waals surface area contributed by atoms with Gasteiger partial charge in [0, 0.05) is 30.3 Å². The summed E-state index contributed by atoms with van der Waals surface area (Å²) in [5.74, 6) is -0.0176. The molecule has 7 nitrogen and oxygen atoms in total. The number of carbonyl (C=O) groups is 2. The standard InChI is InChI=1S/C16H18N4O3/c1-3-23-14(22)9-20-16-15(10(2)19-20)12(7-13(21)18-16)11-5-4-6-17-8-11/h4-6,8,12H,3,7,9H2,1-2H3,(H,18,21)/t12-/m1/s1. The first-order valence-electron chi connectivity index (χ1n) is 7.52. The average Bonchev–Trinajstić information content (AvgIpc) is 2.83. The molecule has 0 aromatic carbocycles. The van der Waals surface area contributed by atoms with Gasteiger partial charge < -0.3 is 10.1 Å². The highest BCUT2D eigenvalue weighted by atomic mass is 16.5. The van der Waals surface area contributed by atoms with Crippen LogP contribution < -0.4 is 5.32 Å². The Hall–Kier alpha value is -2.70. The highest BCUT2D eigenvalue weighted by molar-refractivity contribution is 5.94. The van der Waals surface area contributed by atoms with E-state index in [1.807, 2.05) is 19.1 Å². The van der Waals surface area contributed by atoms with Gasteiger partial charge in [0.15, 0.2) is 0 Å². The number of fused-ring (bicyclic) bond motifs is 1. The molecule has 2 aromatic rings. The number of ether oxygens (including phenoxy) is 1. The van der Waals surface area contributed by atoms with Crippen LogP contribution in [0, 0.1) is 6.92 Å². The molecule has 1 amide bonds. The van der Waals surface area contributed by atoms with Crippen molar-refractivity contribution >= 4 is 17.7 Å². The second-order valence-corrected chi connectivity index (χ2v) is 5.40. The van der Waals surface area contributed by atoms with Crippen LogP contribution in [0.15, 0.2) is 24.5 Å². The largest absolute Gasteiger partial charge is 0.465 e. The van der Waals surface area contributed by atoms with Crippen molar-refractivity contribution < 1.29 is 14.3 Å². The van der Waals surface area contributed by atoms with E-state index in [2.05, 4.69) is 15.4 Å². The van der Waals surface area contributed by atoms with Crippen molar-refractivity contribution in [3.8, 4) is 0 Å². The maximum atomic E-state index is 12.1. The molecule has 0 aliphatic carbocycles. The molecular weight excluding hydrogens is 296 g/mol. The van der Waals surface area contributed by atoms with Crippen molar-refractivity contribution in [3.05, 3.63) is 41.3 Å². The molecule has 0 saturated heterocycles. The van der Waals surface area contributed by atoms with Crippen LogP contribution in [-0.2, 0) is 20.9 Å². The van der Waals surface area contributed by atoms with E-state index in [0.29, 0.717) is 18.8 Å². The third-order valence-corrected chi connectivity index (χ3v) is 3.84. The first kappa shape index (κ1) is 15.2. The summed E-state index contributed by atoms with van der Waals surface area (Å²) in [7, 11) is 0. The Morgan fingerprint density at radius 1 is 1.52 bits per heavy atom. The summed E-state index contributed by atoms with van der Waals surface area (Å²) >= 11 is 0. The molecule has 7 heteroatoms. The van der Waals surface area contributed by atoms with Gasteiger partial charge in [0.25, 0.3) is 0 Å². The van der Waals surface area contributed by atoms with Gasteiger partial charge in [-0.15, -0.1) is 0 Å². The number of nitrogens with zero attached hydrogens (tertiary/aromatic N) is 3. The number of hydrogen-bond acceptors (Lipinski definition) is 5. The summed E-state index contributed by atoms with van der Waals surface area (Å²) in [6.45, 7) is 3.92. The third kappa shape index (κ3) is 2.94. The normalized spacial score (nSPS) is 16.6. The number of esters is 1. The van der Waals surface area contributed by atoms with Crippen LogP contribution in [-0.4, -0.2) is 33.2 Å². The predicted octanol–water partition coefficient (Wildman–Crippen LogP) is 1.62. The van der Waals surface area contributed by atoms with Crippen molar-refractivity contribution in [3.63, 3.8) is 0 Å². The van der Waals surface area contributed by atoms with E-state index < -0.39 is 0 Å². The number of hydrogen-bond donors (Lipinski definition) is 1. The Balaban J connectivity index is 2.00. The van der Waals surface area contributed by atoms with Crippen LogP contribution in [0.4, 0.5) is 5.82 Å². The molecule has 0 fully saturated rings. The monoisotopic (exact) mass is 314 g/mol. The van der Waals surface area contributed by atoms with Crippen LogP contribution in [0.2, 0.25) is 0 Å². The zero-order valence-corrected chi connectivity index (χ0v) is 13.1. The van der Waals surface area contributed by atoms with E-state index in [1.165, 1.54) is 4.68 Å². The molecule has 0 spiro atoms. The molecule has 1 aliphatic rings. The lowest BCUT2D eigenvalue weighted by molar-refractivity contribution is -0.144. The number of nitrogens with one attached hydrogen (secondary N) is 1. The van der Waals surface area contributed by atoms with Crippen LogP contribution in [0.3, 0.4) is 0 Å². The van der Waals surface area contributed by atoms with Crippen molar-refractivity contribution in [2.75, 3.05) is 11.9 Å². The molecule has 1 aliphatic heterocycles. The zero-order valence-electron chi connectivity index (χ0n) is 13.1.